The number of benzene rings is 2. The van der Waals surface area contributed by atoms with Gasteiger partial charge in [-0.1, -0.05) is 18.2 Å². The summed E-state index contributed by atoms with van der Waals surface area (Å²) in [5.74, 6) is 0.594. The zero-order chi connectivity index (χ0) is 17.8. The Morgan fingerprint density at radius 2 is 1.96 bits per heavy atom. The van der Waals surface area contributed by atoms with Gasteiger partial charge in [0.1, 0.15) is 17.8 Å². The lowest BCUT2D eigenvalue weighted by atomic mass is 10.1. The van der Waals surface area contributed by atoms with Crippen molar-refractivity contribution < 1.29 is 14.3 Å². The van der Waals surface area contributed by atoms with Crippen LogP contribution in [0.2, 0.25) is 0 Å². The quantitative estimate of drug-likeness (QED) is 0.526. The average molecular weight is 338 g/mol. The number of tetrazole rings is 1. The molecule has 0 aliphatic heterocycles. The molecule has 0 fully saturated rings. The van der Waals surface area contributed by atoms with Crippen molar-refractivity contribution in [3.63, 3.8) is 0 Å². The molecule has 7 heteroatoms. The summed E-state index contributed by atoms with van der Waals surface area (Å²) in [7, 11) is 0. The van der Waals surface area contributed by atoms with Crippen LogP contribution in [0.4, 0.5) is 0 Å². The predicted molar refractivity (Wildman–Crippen MR) is 90.8 cm³/mol. The molecule has 1 aromatic heterocycles. The maximum Gasteiger partial charge on any atom is 0.352 e. The van der Waals surface area contributed by atoms with E-state index in [9.17, 15) is 4.79 Å². The molecular weight excluding hydrogens is 320 g/mol. The zero-order valence-electron chi connectivity index (χ0n) is 14.2. The van der Waals surface area contributed by atoms with Crippen molar-refractivity contribution in [1.82, 2.24) is 20.2 Å². The Hall–Kier alpha value is -3.22. The first-order valence-corrected chi connectivity index (χ1v) is 7.82. The number of aryl methyl sites for hydroxylation is 1. The van der Waals surface area contributed by atoms with Crippen LogP contribution in [-0.2, 0) is 4.79 Å². The predicted octanol–water partition coefficient (Wildman–Crippen LogP) is 2.65. The number of rotatable bonds is 5. The lowest BCUT2D eigenvalue weighted by Crippen LogP contribution is -2.28. The van der Waals surface area contributed by atoms with Gasteiger partial charge in [0.2, 0.25) is 0 Å². The number of aromatic nitrogens is 4. The first kappa shape index (κ1) is 16.6. The lowest BCUT2D eigenvalue weighted by molar-refractivity contribution is -0.141. The van der Waals surface area contributed by atoms with Crippen LogP contribution in [0.1, 0.15) is 18.1 Å². The van der Waals surface area contributed by atoms with Gasteiger partial charge in [0.05, 0.1) is 5.69 Å². The van der Waals surface area contributed by atoms with Crippen molar-refractivity contribution in [2.45, 2.75) is 26.9 Å². The van der Waals surface area contributed by atoms with E-state index < -0.39 is 12.1 Å². The van der Waals surface area contributed by atoms with Crippen LogP contribution >= 0.6 is 0 Å². The van der Waals surface area contributed by atoms with Crippen molar-refractivity contribution in [2.24, 2.45) is 0 Å². The SMILES string of the molecule is Cc1cccc(O[C@H](C)C(=O)Oc2cccc(-n3cnnn3)c2)c1C. The summed E-state index contributed by atoms with van der Waals surface area (Å²) >= 11 is 0. The molecule has 0 saturated carbocycles. The highest BCUT2D eigenvalue weighted by molar-refractivity contribution is 5.77. The molecule has 1 heterocycles. The third-order valence-corrected chi connectivity index (χ3v) is 3.84. The molecule has 25 heavy (non-hydrogen) atoms. The summed E-state index contributed by atoms with van der Waals surface area (Å²) < 4.78 is 12.6. The fraction of sp³-hybridized carbons (Fsp3) is 0.222. The van der Waals surface area contributed by atoms with E-state index in [0.29, 0.717) is 17.2 Å². The summed E-state index contributed by atoms with van der Waals surface area (Å²) in [5.41, 5.74) is 2.80. The van der Waals surface area contributed by atoms with Gasteiger partial charge in [-0.05, 0) is 60.5 Å². The second-order valence-corrected chi connectivity index (χ2v) is 5.63. The van der Waals surface area contributed by atoms with E-state index in [4.69, 9.17) is 9.47 Å². The van der Waals surface area contributed by atoms with E-state index in [2.05, 4.69) is 15.5 Å². The first-order valence-electron chi connectivity index (χ1n) is 7.82. The van der Waals surface area contributed by atoms with Crippen LogP contribution < -0.4 is 9.47 Å². The molecule has 0 radical (unpaired) electrons. The Morgan fingerprint density at radius 3 is 2.72 bits per heavy atom. The summed E-state index contributed by atoms with van der Waals surface area (Å²) in [5, 5.41) is 11.0. The van der Waals surface area contributed by atoms with Crippen LogP contribution in [0, 0.1) is 13.8 Å². The van der Waals surface area contributed by atoms with Gasteiger partial charge in [-0.15, -0.1) is 5.10 Å². The molecule has 0 N–H and O–H groups in total. The molecule has 3 rings (SSSR count). The summed E-state index contributed by atoms with van der Waals surface area (Å²) in [6, 6.07) is 12.7. The molecule has 1 atom stereocenters. The molecular formula is C18H18N4O3. The van der Waals surface area contributed by atoms with E-state index >= 15 is 0 Å². The Balaban J connectivity index is 1.69. The largest absolute Gasteiger partial charge is 0.479 e. The molecule has 0 saturated heterocycles. The highest BCUT2D eigenvalue weighted by Crippen LogP contribution is 2.22. The zero-order valence-corrected chi connectivity index (χ0v) is 14.2. The topological polar surface area (TPSA) is 79.1 Å². The standard InChI is InChI=1S/C18H18N4O3/c1-12-6-4-9-17(13(12)2)24-14(3)18(23)25-16-8-5-7-15(10-16)22-11-19-20-21-22/h4-11,14H,1-3H3/t14-/m1/s1. The van der Waals surface area contributed by atoms with Gasteiger partial charge < -0.3 is 9.47 Å². The van der Waals surface area contributed by atoms with E-state index in [1.54, 1.807) is 25.1 Å². The van der Waals surface area contributed by atoms with Crippen LogP contribution in [-0.4, -0.2) is 32.3 Å². The maximum atomic E-state index is 12.3. The molecule has 0 bridgehead atoms. The number of nitrogens with zero attached hydrogens (tertiary/aromatic N) is 4. The molecule has 0 unspecified atom stereocenters. The van der Waals surface area contributed by atoms with E-state index in [1.807, 2.05) is 38.1 Å². The average Bonchev–Trinajstić information content (AvgIpc) is 3.14. The minimum Gasteiger partial charge on any atom is -0.479 e. The Morgan fingerprint density at radius 1 is 1.16 bits per heavy atom. The number of hydrogen-bond donors (Lipinski definition) is 0. The lowest BCUT2D eigenvalue weighted by Gasteiger charge is -2.16. The second kappa shape index (κ2) is 7.12. The molecule has 3 aromatic rings. The molecule has 2 aromatic carbocycles. The Labute approximate surface area is 145 Å². The normalized spacial score (nSPS) is 11.8. The number of carbonyl (C=O) groups excluding carboxylic acids is 1. The second-order valence-electron chi connectivity index (χ2n) is 5.63. The minimum absolute atomic E-state index is 0.398. The number of hydrogen-bond acceptors (Lipinski definition) is 6. The van der Waals surface area contributed by atoms with Gasteiger partial charge in [0, 0.05) is 6.07 Å². The van der Waals surface area contributed by atoms with E-state index in [1.165, 1.54) is 11.0 Å². The fourth-order valence-corrected chi connectivity index (χ4v) is 2.26. The van der Waals surface area contributed by atoms with Crippen molar-refractivity contribution in [1.29, 1.82) is 0 Å². The first-order chi connectivity index (χ1) is 12.0. The van der Waals surface area contributed by atoms with Crippen molar-refractivity contribution in [2.75, 3.05) is 0 Å². The third kappa shape index (κ3) is 3.82. The molecule has 0 spiro atoms. The summed E-state index contributed by atoms with van der Waals surface area (Å²) in [4.78, 5) is 12.3. The molecule has 0 amide bonds. The minimum atomic E-state index is -0.739. The molecule has 128 valence electrons. The van der Waals surface area contributed by atoms with E-state index in [-0.39, 0.29) is 0 Å². The highest BCUT2D eigenvalue weighted by Gasteiger charge is 2.18. The van der Waals surface area contributed by atoms with Crippen LogP contribution in [0.15, 0.2) is 48.8 Å². The van der Waals surface area contributed by atoms with Gasteiger partial charge in [0.25, 0.3) is 0 Å². The third-order valence-electron chi connectivity index (χ3n) is 3.84. The number of carbonyl (C=O) groups is 1. The van der Waals surface area contributed by atoms with Crippen LogP contribution in [0.25, 0.3) is 5.69 Å². The Kier molecular flexibility index (Phi) is 4.74. The van der Waals surface area contributed by atoms with Gasteiger partial charge in [-0.2, -0.15) is 0 Å². The molecule has 0 aliphatic rings. The number of esters is 1. The van der Waals surface area contributed by atoms with Gasteiger partial charge >= 0.3 is 5.97 Å². The monoisotopic (exact) mass is 338 g/mol. The van der Waals surface area contributed by atoms with Crippen LogP contribution in [0.5, 0.6) is 11.5 Å². The fourth-order valence-electron chi connectivity index (χ4n) is 2.26. The van der Waals surface area contributed by atoms with Gasteiger partial charge in [-0.25, -0.2) is 9.48 Å². The van der Waals surface area contributed by atoms with E-state index in [0.717, 1.165) is 11.1 Å². The maximum absolute atomic E-state index is 12.3. The van der Waals surface area contributed by atoms with Gasteiger partial charge in [0.15, 0.2) is 6.10 Å². The number of ether oxygens (including phenoxy) is 2. The van der Waals surface area contributed by atoms with Crippen molar-refractivity contribution in [3.8, 4) is 17.2 Å². The van der Waals surface area contributed by atoms with Crippen molar-refractivity contribution >= 4 is 5.97 Å². The Bertz CT molecular complexity index is 878. The molecule has 7 nitrogen and oxygen atoms in total. The van der Waals surface area contributed by atoms with Crippen molar-refractivity contribution in [3.05, 3.63) is 59.9 Å². The molecule has 0 aliphatic carbocycles. The summed E-state index contributed by atoms with van der Waals surface area (Å²) in [6.07, 6.45) is 0.727. The summed E-state index contributed by atoms with van der Waals surface area (Å²) in [6.45, 7) is 5.61. The smallest absolute Gasteiger partial charge is 0.352 e. The highest BCUT2D eigenvalue weighted by atomic mass is 16.6. The van der Waals surface area contributed by atoms with Crippen LogP contribution in [0.3, 0.4) is 0 Å². The van der Waals surface area contributed by atoms with Gasteiger partial charge in [-0.3, -0.25) is 0 Å².